The Labute approximate surface area is 80.5 Å². The highest BCUT2D eigenvalue weighted by molar-refractivity contribution is 8.00. The van der Waals surface area contributed by atoms with E-state index in [-0.39, 0.29) is 17.5 Å². The van der Waals surface area contributed by atoms with Crippen molar-refractivity contribution in [2.45, 2.75) is 31.3 Å². The maximum absolute atomic E-state index is 11.7. The van der Waals surface area contributed by atoms with Gasteiger partial charge in [0.2, 0.25) is 0 Å². The molecule has 1 fully saturated rings. The third kappa shape index (κ3) is 4.76. The molecule has 1 aliphatic carbocycles. The third-order valence-electron chi connectivity index (χ3n) is 2.17. The monoisotopic (exact) mass is 213 g/mol. The summed E-state index contributed by atoms with van der Waals surface area (Å²) in [7, 11) is 0. The Morgan fingerprint density at radius 3 is 2.46 bits per heavy atom. The molecule has 1 rings (SSSR count). The molecular weight excluding hydrogens is 199 g/mol. The molecule has 0 aromatic heterocycles. The predicted molar refractivity (Wildman–Crippen MR) is 48.7 cm³/mol. The summed E-state index contributed by atoms with van der Waals surface area (Å²) in [4.78, 5) is 0. The molecule has 1 aliphatic rings. The number of hydrogen-bond donors (Lipinski definition) is 1. The standard InChI is InChI=1S/C8H14F3NS/c1-6-4-7(5-6)12-2-3-13-8(9,10)11/h6-7,12H,2-5H2,1H3. The molecular formula is C8H14F3NS. The van der Waals surface area contributed by atoms with Crippen molar-refractivity contribution in [3.63, 3.8) is 0 Å². The van der Waals surface area contributed by atoms with E-state index in [0.717, 1.165) is 18.8 Å². The lowest BCUT2D eigenvalue weighted by Crippen LogP contribution is -2.41. The molecule has 0 spiro atoms. The van der Waals surface area contributed by atoms with E-state index in [4.69, 9.17) is 0 Å². The zero-order chi connectivity index (χ0) is 9.90. The molecule has 0 radical (unpaired) electrons. The molecule has 0 aromatic carbocycles. The molecule has 0 heterocycles. The smallest absolute Gasteiger partial charge is 0.313 e. The van der Waals surface area contributed by atoms with Crippen molar-refractivity contribution in [3.8, 4) is 0 Å². The Bertz CT molecular complexity index is 154. The highest BCUT2D eigenvalue weighted by atomic mass is 32.2. The van der Waals surface area contributed by atoms with Gasteiger partial charge in [-0.2, -0.15) is 13.2 Å². The molecule has 1 saturated carbocycles. The summed E-state index contributed by atoms with van der Waals surface area (Å²) in [6.45, 7) is 2.62. The Hall–Kier alpha value is 0.100. The van der Waals surface area contributed by atoms with Crippen molar-refractivity contribution >= 4 is 11.8 Å². The van der Waals surface area contributed by atoms with Crippen LogP contribution in [0.15, 0.2) is 0 Å². The number of hydrogen-bond acceptors (Lipinski definition) is 2. The second-order valence-corrected chi connectivity index (χ2v) is 4.68. The van der Waals surface area contributed by atoms with Gasteiger partial charge in [0.1, 0.15) is 0 Å². The Balaban J connectivity index is 1.90. The molecule has 78 valence electrons. The highest BCUT2D eigenvalue weighted by Gasteiger charge is 2.28. The molecule has 0 aromatic rings. The van der Waals surface area contributed by atoms with Gasteiger partial charge in [0, 0.05) is 18.3 Å². The number of rotatable bonds is 4. The van der Waals surface area contributed by atoms with Crippen LogP contribution >= 0.6 is 11.8 Å². The molecule has 0 amide bonds. The predicted octanol–water partition coefficient (Wildman–Crippen LogP) is 2.63. The molecule has 1 N–H and O–H groups in total. The van der Waals surface area contributed by atoms with Gasteiger partial charge in [0.15, 0.2) is 0 Å². The van der Waals surface area contributed by atoms with Gasteiger partial charge in [-0.05, 0) is 30.5 Å². The van der Waals surface area contributed by atoms with Crippen molar-refractivity contribution in [1.82, 2.24) is 5.32 Å². The molecule has 13 heavy (non-hydrogen) atoms. The highest BCUT2D eigenvalue weighted by Crippen LogP contribution is 2.30. The molecule has 0 saturated heterocycles. The van der Waals surface area contributed by atoms with Crippen molar-refractivity contribution in [3.05, 3.63) is 0 Å². The fourth-order valence-electron chi connectivity index (χ4n) is 1.50. The maximum atomic E-state index is 11.7. The summed E-state index contributed by atoms with van der Waals surface area (Å²) in [6, 6.07) is 0.462. The van der Waals surface area contributed by atoms with Crippen molar-refractivity contribution in [2.75, 3.05) is 12.3 Å². The number of thioether (sulfide) groups is 1. The fourth-order valence-corrected chi connectivity index (χ4v) is 1.95. The lowest BCUT2D eigenvalue weighted by atomic mass is 9.82. The van der Waals surface area contributed by atoms with Crippen LogP contribution in [0.3, 0.4) is 0 Å². The second-order valence-electron chi connectivity index (χ2n) is 3.52. The van der Waals surface area contributed by atoms with Gasteiger partial charge in [0.25, 0.3) is 0 Å². The van der Waals surface area contributed by atoms with Crippen LogP contribution in [0.25, 0.3) is 0 Å². The van der Waals surface area contributed by atoms with E-state index in [0.29, 0.717) is 12.6 Å². The zero-order valence-corrected chi connectivity index (χ0v) is 8.34. The first kappa shape index (κ1) is 11.2. The summed E-state index contributed by atoms with van der Waals surface area (Å²) < 4.78 is 35.0. The van der Waals surface area contributed by atoms with Gasteiger partial charge >= 0.3 is 5.51 Å². The van der Waals surface area contributed by atoms with Gasteiger partial charge in [-0.1, -0.05) is 6.92 Å². The normalized spacial score (nSPS) is 28.6. The number of halogens is 3. The van der Waals surface area contributed by atoms with Crippen molar-refractivity contribution in [1.29, 1.82) is 0 Å². The molecule has 0 atom stereocenters. The van der Waals surface area contributed by atoms with Crippen molar-refractivity contribution in [2.24, 2.45) is 5.92 Å². The fraction of sp³-hybridized carbons (Fsp3) is 1.00. The molecule has 0 aliphatic heterocycles. The molecule has 0 unspecified atom stereocenters. The van der Waals surface area contributed by atoms with Crippen LogP contribution in [-0.4, -0.2) is 23.8 Å². The van der Waals surface area contributed by atoms with Crippen LogP contribution in [0.5, 0.6) is 0 Å². The van der Waals surface area contributed by atoms with E-state index in [1.807, 2.05) is 0 Å². The SMILES string of the molecule is CC1CC(NCCSC(F)(F)F)C1. The first-order valence-corrected chi connectivity index (χ1v) is 5.40. The van der Waals surface area contributed by atoms with Gasteiger partial charge in [-0.3, -0.25) is 0 Å². The van der Waals surface area contributed by atoms with E-state index in [2.05, 4.69) is 12.2 Å². The molecule has 1 nitrogen and oxygen atoms in total. The van der Waals surface area contributed by atoms with E-state index in [1.54, 1.807) is 0 Å². The maximum Gasteiger partial charge on any atom is 0.441 e. The van der Waals surface area contributed by atoms with Crippen molar-refractivity contribution < 1.29 is 13.2 Å². The van der Waals surface area contributed by atoms with E-state index >= 15 is 0 Å². The quantitative estimate of drug-likeness (QED) is 0.720. The number of nitrogens with one attached hydrogen (secondary N) is 1. The van der Waals surface area contributed by atoms with E-state index in [9.17, 15) is 13.2 Å². The Morgan fingerprint density at radius 2 is 2.00 bits per heavy atom. The van der Waals surface area contributed by atoms with Crippen LogP contribution in [0.1, 0.15) is 19.8 Å². The van der Waals surface area contributed by atoms with Crippen LogP contribution in [0, 0.1) is 5.92 Å². The lowest BCUT2D eigenvalue weighted by molar-refractivity contribution is -0.0327. The minimum atomic E-state index is -4.07. The second kappa shape index (κ2) is 4.55. The zero-order valence-electron chi connectivity index (χ0n) is 7.53. The van der Waals surface area contributed by atoms with E-state index < -0.39 is 5.51 Å². The minimum absolute atomic E-state index is 0.0484. The summed E-state index contributed by atoms with van der Waals surface area (Å²) in [6.07, 6.45) is 2.22. The molecule has 0 bridgehead atoms. The van der Waals surface area contributed by atoms with Crippen LogP contribution in [0.2, 0.25) is 0 Å². The first-order valence-electron chi connectivity index (χ1n) is 4.41. The summed E-state index contributed by atoms with van der Waals surface area (Å²) in [5, 5.41) is 3.10. The van der Waals surface area contributed by atoms with Gasteiger partial charge < -0.3 is 5.32 Å². The Morgan fingerprint density at radius 1 is 1.38 bits per heavy atom. The van der Waals surface area contributed by atoms with Crippen LogP contribution < -0.4 is 5.32 Å². The first-order chi connectivity index (χ1) is 5.97. The lowest BCUT2D eigenvalue weighted by Gasteiger charge is -2.33. The summed E-state index contributed by atoms with van der Waals surface area (Å²) >= 11 is 0.0484. The third-order valence-corrected chi connectivity index (χ3v) is 2.91. The van der Waals surface area contributed by atoms with Crippen LogP contribution in [-0.2, 0) is 0 Å². The van der Waals surface area contributed by atoms with Gasteiger partial charge in [-0.15, -0.1) is 0 Å². The summed E-state index contributed by atoms with van der Waals surface area (Å²) in [5.41, 5.74) is -4.07. The van der Waals surface area contributed by atoms with Crippen LogP contribution in [0.4, 0.5) is 13.2 Å². The van der Waals surface area contributed by atoms with E-state index in [1.165, 1.54) is 0 Å². The molecule has 5 heteroatoms. The Kier molecular flexibility index (Phi) is 3.91. The minimum Gasteiger partial charge on any atom is -0.313 e. The average molecular weight is 213 g/mol. The largest absolute Gasteiger partial charge is 0.441 e. The number of alkyl halides is 3. The summed E-state index contributed by atoms with van der Waals surface area (Å²) in [5.74, 6) is 0.863. The average Bonchev–Trinajstić information content (AvgIpc) is 1.91. The van der Waals surface area contributed by atoms with Gasteiger partial charge in [0.05, 0.1) is 0 Å². The van der Waals surface area contributed by atoms with Gasteiger partial charge in [-0.25, -0.2) is 0 Å². The topological polar surface area (TPSA) is 12.0 Å².